The van der Waals surface area contributed by atoms with Crippen molar-refractivity contribution >= 4 is 27.3 Å². The number of hydrogen-bond donors (Lipinski definition) is 1. The van der Waals surface area contributed by atoms with Crippen LogP contribution in [0.2, 0.25) is 0 Å². The third kappa shape index (κ3) is 2.25. The van der Waals surface area contributed by atoms with Crippen molar-refractivity contribution in [2.24, 2.45) is 0 Å². The lowest BCUT2D eigenvalue weighted by Crippen LogP contribution is -1.87. The Morgan fingerprint density at radius 2 is 1.95 bits per heavy atom. The quantitative estimate of drug-likeness (QED) is 0.736. The van der Waals surface area contributed by atoms with Gasteiger partial charge in [0, 0.05) is 10.0 Å². The Balaban J connectivity index is 2.05. The molecule has 1 N–H and O–H groups in total. The Morgan fingerprint density at radius 3 is 2.55 bits per heavy atom. The van der Waals surface area contributed by atoms with Gasteiger partial charge in [-0.2, -0.15) is 4.98 Å². The third-order valence-electron chi connectivity index (χ3n) is 2.96. The lowest BCUT2D eigenvalue weighted by Gasteiger charge is -2.04. The van der Waals surface area contributed by atoms with Gasteiger partial charge < -0.3 is 9.63 Å². The van der Waals surface area contributed by atoms with E-state index >= 15 is 0 Å². The summed E-state index contributed by atoms with van der Waals surface area (Å²) in [7, 11) is 0. The number of thiophene rings is 1. The fourth-order valence-electron chi connectivity index (χ4n) is 1.97. The molecule has 6 heteroatoms. The van der Waals surface area contributed by atoms with Crippen molar-refractivity contribution in [2.75, 3.05) is 0 Å². The van der Waals surface area contributed by atoms with Gasteiger partial charge >= 0.3 is 0 Å². The predicted octanol–water partition coefficient (Wildman–Crippen LogP) is 4.55. The summed E-state index contributed by atoms with van der Waals surface area (Å²) in [6.45, 7) is 4.04. The molecule has 0 radical (unpaired) electrons. The first-order chi connectivity index (χ1) is 9.56. The molecule has 4 nitrogen and oxygen atoms in total. The van der Waals surface area contributed by atoms with Crippen molar-refractivity contribution < 1.29 is 9.63 Å². The number of aryl methyl sites for hydroxylation is 2. The Morgan fingerprint density at radius 1 is 1.25 bits per heavy atom. The summed E-state index contributed by atoms with van der Waals surface area (Å²) in [5, 5.41) is 15.5. The normalized spacial score (nSPS) is 10.9. The molecule has 0 saturated heterocycles. The highest BCUT2D eigenvalue weighted by atomic mass is 79.9. The summed E-state index contributed by atoms with van der Waals surface area (Å²) in [4.78, 5) is 4.94. The minimum Gasteiger partial charge on any atom is -0.506 e. The van der Waals surface area contributed by atoms with E-state index in [2.05, 4.69) is 26.1 Å². The van der Waals surface area contributed by atoms with Crippen molar-refractivity contribution in [1.82, 2.24) is 10.1 Å². The maximum absolute atomic E-state index is 9.68. The van der Waals surface area contributed by atoms with E-state index in [1.54, 1.807) is 11.4 Å². The zero-order chi connectivity index (χ0) is 14.3. The van der Waals surface area contributed by atoms with Gasteiger partial charge in [-0.25, -0.2) is 0 Å². The van der Waals surface area contributed by atoms with E-state index in [4.69, 9.17) is 4.52 Å². The molecule has 0 spiro atoms. The predicted molar refractivity (Wildman–Crippen MR) is 81.9 cm³/mol. The molecule has 0 atom stereocenters. The van der Waals surface area contributed by atoms with Gasteiger partial charge in [-0.1, -0.05) is 21.1 Å². The van der Waals surface area contributed by atoms with Crippen LogP contribution in [0.3, 0.4) is 0 Å². The largest absolute Gasteiger partial charge is 0.506 e. The lowest BCUT2D eigenvalue weighted by molar-refractivity contribution is 0.427. The van der Waals surface area contributed by atoms with Crippen LogP contribution in [-0.2, 0) is 0 Å². The SMILES string of the molecule is Cc1cc(-c2noc(-c3sccc3O)n2)cc(C)c1Br. The first-order valence-electron chi connectivity index (χ1n) is 5.94. The summed E-state index contributed by atoms with van der Waals surface area (Å²) in [5.41, 5.74) is 3.13. The van der Waals surface area contributed by atoms with Crippen molar-refractivity contribution in [3.63, 3.8) is 0 Å². The molecule has 2 aromatic heterocycles. The smallest absolute Gasteiger partial charge is 0.272 e. The van der Waals surface area contributed by atoms with Crippen LogP contribution in [0.1, 0.15) is 11.1 Å². The molecule has 0 bridgehead atoms. The average molecular weight is 351 g/mol. The van der Waals surface area contributed by atoms with Crippen LogP contribution in [0, 0.1) is 13.8 Å². The van der Waals surface area contributed by atoms with Gasteiger partial charge in [-0.3, -0.25) is 0 Å². The maximum Gasteiger partial charge on any atom is 0.272 e. The van der Waals surface area contributed by atoms with Crippen LogP contribution in [-0.4, -0.2) is 15.2 Å². The Hall–Kier alpha value is -1.66. The average Bonchev–Trinajstić information content (AvgIpc) is 3.03. The van der Waals surface area contributed by atoms with Crippen molar-refractivity contribution in [3.8, 4) is 27.9 Å². The van der Waals surface area contributed by atoms with E-state index < -0.39 is 0 Å². The molecule has 0 unspecified atom stereocenters. The third-order valence-corrected chi connectivity index (χ3v) is 5.10. The Kier molecular flexibility index (Phi) is 3.35. The summed E-state index contributed by atoms with van der Waals surface area (Å²) in [6, 6.07) is 5.61. The molecule has 0 fully saturated rings. The molecule has 0 aliphatic carbocycles. The van der Waals surface area contributed by atoms with Crippen LogP contribution in [0.5, 0.6) is 5.75 Å². The van der Waals surface area contributed by atoms with E-state index in [-0.39, 0.29) is 5.75 Å². The number of halogens is 1. The molecule has 102 valence electrons. The summed E-state index contributed by atoms with van der Waals surface area (Å²) in [5.74, 6) is 1.02. The lowest BCUT2D eigenvalue weighted by atomic mass is 10.1. The highest BCUT2D eigenvalue weighted by Crippen LogP contribution is 2.35. The first-order valence-corrected chi connectivity index (χ1v) is 7.61. The van der Waals surface area contributed by atoms with E-state index in [1.165, 1.54) is 11.3 Å². The van der Waals surface area contributed by atoms with Crippen LogP contribution >= 0.6 is 27.3 Å². The molecule has 0 saturated carbocycles. The van der Waals surface area contributed by atoms with Crippen LogP contribution in [0.4, 0.5) is 0 Å². The Bertz CT molecular complexity index is 756. The number of aromatic hydroxyl groups is 1. The minimum atomic E-state index is 0.161. The fraction of sp³-hybridized carbons (Fsp3) is 0.143. The zero-order valence-corrected chi connectivity index (χ0v) is 13.2. The topological polar surface area (TPSA) is 59.2 Å². The zero-order valence-electron chi connectivity index (χ0n) is 10.8. The van der Waals surface area contributed by atoms with Crippen molar-refractivity contribution in [3.05, 3.63) is 39.2 Å². The summed E-state index contributed by atoms with van der Waals surface area (Å²) < 4.78 is 6.32. The molecule has 2 heterocycles. The second kappa shape index (κ2) is 5.03. The van der Waals surface area contributed by atoms with Gasteiger partial charge in [0.05, 0.1) is 0 Å². The van der Waals surface area contributed by atoms with E-state index in [9.17, 15) is 5.11 Å². The van der Waals surface area contributed by atoms with Crippen molar-refractivity contribution in [1.29, 1.82) is 0 Å². The number of hydrogen-bond acceptors (Lipinski definition) is 5. The van der Waals surface area contributed by atoms with Gasteiger partial charge in [0.15, 0.2) is 0 Å². The monoisotopic (exact) mass is 350 g/mol. The molecule has 3 aromatic rings. The van der Waals surface area contributed by atoms with E-state index in [1.807, 2.05) is 26.0 Å². The standard InChI is InChI=1S/C14H11BrN2O2S/c1-7-5-9(6-8(2)11(7)15)13-16-14(19-17-13)12-10(18)3-4-20-12/h3-6,18H,1-2H3. The highest BCUT2D eigenvalue weighted by molar-refractivity contribution is 9.10. The van der Waals surface area contributed by atoms with E-state index in [0.717, 1.165) is 21.2 Å². The molecular formula is C14H11BrN2O2S. The summed E-state index contributed by atoms with van der Waals surface area (Å²) in [6.07, 6.45) is 0. The minimum absolute atomic E-state index is 0.161. The van der Waals surface area contributed by atoms with Crippen molar-refractivity contribution in [2.45, 2.75) is 13.8 Å². The number of aromatic nitrogens is 2. The fourth-order valence-corrected chi connectivity index (χ4v) is 2.90. The van der Waals surface area contributed by atoms with Gasteiger partial charge in [0.1, 0.15) is 10.6 Å². The highest BCUT2D eigenvalue weighted by Gasteiger charge is 2.16. The van der Waals surface area contributed by atoms with Gasteiger partial charge in [-0.05, 0) is 48.6 Å². The number of benzene rings is 1. The van der Waals surface area contributed by atoms with Gasteiger partial charge in [-0.15, -0.1) is 11.3 Å². The maximum atomic E-state index is 9.68. The molecule has 0 amide bonds. The second-order valence-electron chi connectivity index (χ2n) is 4.48. The number of rotatable bonds is 2. The molecule has 1 aromatic carbocycles. The molecule has 20 heavy (non-hydrogen) atoms. The van der Waals surface area contributed by atoms with Crippen LogP contribution < -0.4 is 0 Å². The van der Waals surface area contributed by atoms with Crippen LogP contribution in [0.25, 0.3) is 22.2 Å². The van der Waals surface area contributed by atoms with E-state index in [0.29, 0.717) is 16.6 Å². The molecule has 3 rings (SSSR count). The van der Waals surface area contributed by atoms with Gasteiger partial charge in [0.2, 0.25) is 5.82 Å². The van der Waals surface area contributed by atoms with Crippen LogP contribution in [0.15, 0.2) is 32.6 Å². The second-order valence-corrected chi connectivity index (χ2v) is 6.19. The molecule has 0 aliphatic rings. The summed E-state index contributed by atoms with van der Waals surface area (Å²) >= 11 is 4.90. The number of nitrogens with zero attached hydrogens (tertiary/aromatic N) is 2. The Labute approximate surface area is 128 Å². The molecular weight excluding hydrogens is 340 g/mol. The van der Waals surface area contributed by atoms with Gasteiger partial charge in [0.25, 0.3) is 5.89 Å². The molecule has 0 aliphatic heterocycles. The first kappa shape index (κ1) is 13.3.